The first kappa shape index (κ1) is 13.9. The highest BCUT2D eigenvalue weighted by molar-refractivity contribution is 5.84. The van der Waals surface area contributed by atoms with Crippen LogP contribution in [0.25, 0.3) is 0 Å². The predicted molar refractivity (Wildman–Crippen MR) is 67.2 cm³/mol. The first-order chi connectivity index (χ1) is 9.03. The van der Waals surface area contributed by atoms with Gasteiger partial charge in [-0.2, -0.15) is 0 Å². The van der Waals surface area contributed by atoms with Gasteiger partial charge in [0.05, 0.1) is 12.5 Å². The van der Waals surface area contributed by atoms with Gasteiger partial charge in [-0.25, -0.2) is 8.78 Å². The van der Waals surface area contributed by atoms with Gasteiger partial charge < -0.3 is 10.4 Å². The van der Waals surface area contributed by atoms with Gasteiger partial charge in [-0.05, 0) is 30.4 Å². The summed E-state index contributed by atoms with van der Waals surface area (Å²) in [6.07, 6.45) is 2.48. The molecule has 104 valence electrons. The van der Waals surface area contributed by atoms with Gasteiger partial charge in [0.15, 0.2) is 0 Å². The van der Waals surface area contributed by atoms with Gasteiger partial charge in [0.2, 0.25) is 5.91 Å². The summed E-state index contributed by atoms with van der Waals surface area (Å²) in [5.74, 6) is -4.01. The Balaban J connectivity index is 2.05. The van der Waals surface area contributed by atoms with E-state index < -0.39 is 19.1 Å². The van der Waals surface area contributed by atoms with Crippen LogP contribution in [0.3, 0.4) is 0 Å². The fraction of sp³-hybridized carbons (Fsp3) is 0.500. The number of nitrogens with one attached hydrogen (secondary N) is 1. The van der Waals surface area contributed by atoms with Crippen LogP contribution in [0.2, 0.25) is 0 Å². The Labute approximate surface area is 110 Å². The average molecular weight is 269 g/mol. The van der Waals surface area contributed by atoms with Gasteiger partial charge in [-0.15, -0.1) is 0 Å². The lowest BCUT2D eigenvalue weighted by Gasteiger charge is -2.25. The molecular weight excluding hydrogens is 252 g/mol. The highest BCUT2D eigenvalue weighted by atomic mass is 19.3. The molecular formula is C14H17F2NO2. The minimum atomic E-state index is -3.26. The number of hydrogen-bond acceptors (Lipinski definition) is 2. The molecule has 0 bridgehead atoms. The quantitative estimate of drug-likeness (QED) is 0.876. The number of fused-ring (bicyclic) bond motifs is 1. The maximum Gasteiger partial charge on any atom is 0.287 e. The van der Waals surface area contributed by atoms with Crippen molar-refractivity contribution in [1.82, 2.24) is 5.32 Å². The first-order valence-electron chi connectivity index (χ1n) is 6.38. The zero-order valence-electron chi connectivity index (χ0n) is 10.5. The lowest BCUT2D eigenvalue weighted by Crippen LogP contribution is -2.41. The summed E-state index contributed by atoms with van der Waals surface area (Å²) in [7, 11) is 0. The molecule has 2 rings (SSSR count). The summed E-state index contributed by atoms with van der Waals surface area (Å²) < 4.78 is 25.8. The van der Waals surface area contributed by atoms with Crippen molar-refractivity contribution in [2.24, 2.45) is 0 Å². The summed E-state index contributed by atoms with van der Waals surface area (Å²) in [6, 6.07) is 7.62. The van der Waals surface area contributed by atoms with Crippen molar-refractivity contribution in [1.29, 1.82) is 0 Å². The van der Waals surface area contributed by atoms with E-state index in [-0.39, 0.29) is 11.8 Å². The number of carbonyl (C=O) groups is 1. The van der Waals surface area contributed by atoms with Gasteiger partial charge in [-0.1, -0.05) is 24.3 Å². The summed E-state index contributed by atoms with van der Waals surface area (Å²) >= 11 is 0. The van der Waals surface area contributed by atoms with Crippen LogP contribution in [-0.4, -0.2) is 30.1 Å². The summed E-state index contributed by atoms with van der Waals surface area (Å²) in [4.78, 5) is 12.0. The first-order valence-corrected chi connectivity index (χ1v) is 6.38. The summed E-state index contributed by atoms with van der Waals surface area (Å²) in [6.45, 7) is -2.07. The van der Waals surface area contributed by atoms with Crippen molar-refractivity contribution in [3.63, 3.8) is 0 Å². The molecule has 19 heavy (non-hydrogen) atoms. The van der Waals surface area contributed by atoms with Crippen molar-refractivity contribution < 1.29 is 18.7 Å². The number of aliphatic hydroxyl groups excluding tert-OH is 1. The second-order valence-electron chi connectivity index (χ2n) is 4.88. The van der Waals surface area contributed by atoms with Gasteiger partial charge in [0, 0.05) is 0 Å². The van der Waals surface area contributed by atoms with Crippen LogP contribution in [0.15, 0.2) is 24.3 Å². The van der Waals surface area contributed by atoms with E-state index in [1.807, 2.05) is 24.3 Å². The maximum atomic E-state index is 12.9. The van der Waals surface area contributed by atoms with E-state index in [2.05, 4.69) is 5.32 Å². The minimum absolute atomic E-state index is 0.362. The molecule has 0 spiro atoms. The van der Waals surface area contributed by atoms with Crippen molar-refractivity contribution in [2.45, 2.75) is 31.1 Å². The fourth-order valence-corrected chi connectivity index (χ4v) is 2.42. The predicted octanol–water partition coefficient (Wildman–Crippen LogP) is 1.85. The molecule has 1 aliphatic rings. The molecule has 1 aromatic carbocycles. The highest BCUT2D eigenvalue weighted by Crippen LogP contribution is 2.31. The van der Waals surface area contributed by atoms with Crippen LogP contribution in [0.4, 0.5) is 8.78 Å². The number of rotatable bonds is 4. The van der Waals surface area contributed by atoms with Gasteiger partial charge in [0.25, 0.3) is 5.92 Å². The lowest BCUT2D eigenvalue weighted by molar-refractivity contribution is -0.125. The third kappa shape index (κ3) is 3.29. The van der Waals surface area contributed by atoms with E-state index in [1.165, 1.54) is 0 Å². The van der Waals surface area contributed by atoms with E-state index >= 15 is 0 Å². The van der Waals surface area contributed by atoms with E-state index in [0.29, 0.717) is 6.42 Å². The molecule has 1 aromatic rings. The Kier molecular flexibility index (Phi) is 4.14. The van der Waals surface area contributed by atoms with E-state index in [0.717, 1.165) is 24.0 Å². The van der Waals surface area contributed by atoms with Crippen LogP contribution < -0.4 is 5.32 Å². The Bertz CT molecular complexity index is 463. The van der Waals surface area contributed by atoms with Crippen molar-refractivity contribution in [2.75, 3.05) is 13.2 Å². The van der Waals surface area contributed by atoms with Crippen molar-refractivity contribution >= 4 is 5.91 Å². The Morgan fingerprint density at radius 3 is 2.89 bits per heavy atom. The van der Waals surface area contributed by atoms with Crippen LogP contribution >= 0.6 is 0 Å². The molecule has 1 unspecified atom stereocenters. The molecule has 3 nitrogen and oxygen atoms in total. The van der Waals surface area contributed by atoms with E-state index in [4.69, 9.17) is 5.11 Å². The van der Waals surface area contributed by atoms with Crippen molar-refractivity contribution in [3.8, 4) is 0 Å². The number of aryl methyl sites for hydroxylation is 1. The molecule has 0 heterocycles. The van der Waals surface area contributed by atoms with Crippen LogP contribution in [-0.2, 0) is 11.2 Å². The molecule has 0 saturated heterocycles. The zero-order chi connectivity index (χ0) is 13.9. The van der Waals surface area contributed by atoms with E-state index in [9.17, 15) is 13.6 Å². The molecule has 0 aliphatic heterocycles. The number of amides is 1. The highest BCUT2D eigenvalue weighted by Gasteiger charge is 2.31. The molecule has 0 fully saturated rings. The normalized spacial score (nSPS) is 18.8. The standard InChI is InChI=1S/C14H17F2NO2/c15-14(16,9-18)8-17-13(19)12-7-3-5-10-4-1-2-6-11(10)12/h1-2,4,6,12,18H,3,5,7-9H2,(H,17,19). The molecule has 0 radical (unpaired) electrons. The SMILES string of the molecule is O=C(NCC(F)(F)CO)C1CCCc2ccccc21. The number of carbonyl (C=O) groups excluding carboxylic acids is 1. The van der Waals surface area contributed by atoms with Gasteiger partial charge in [0.1, 0.15) is 6.61 Å². The second-order valence-corrected chi connectivity index (χ2v) is 4.88. The monoisotopic (exact) mass is 269 g/mol. The average Bonchev–Trinajstić information content (AvgIpc) is 2.44. The molecule has 5 heteroatoms. The molecule has 0 aromatic heterocycles. The number of hydrogen-bond donors (Lipinski definition) is 2. The summed E-state index contributed by atoms with van der Waals surface area (Å²) in [5.41, 5.74) is 2.04. The Morgan fingerprint density at radius 2 is 2.16 bits per heavy atom. The Morgan fingerprint density at radius 1 is 1.42 bits per heavy atom. The number of halogens is 2. The third-order valence-corrected chi connectivity index (χ3v) is 3.44. The van der Waals surface area contributed by atoms with Gasteiger partial charge in [-0.3, -0.25) is 4.79 Å². The van der Waals surface area contributed by atoms with Crippen molar-refractivity contribution in [3.05, 3.63) is 35.4 Å². The maximum absolute atomic E-state index is 12.9. The smallest absolute Gasteiger partial charge is 0.287 e. The third-order valence-electron chi connectivity index (χ3n) is 3.44. The largest absolute Gasteiger partial charge is 0.390 e. The minimum Gasteiger partial charge on any atom is -0.390 e. The van der Waals surface area contributed by atoms with Crippen LogP contribution in [0, 0.1) is 0 Å². The lowest BCUT2D eigenvalue weighted by atomic mass is 9.82. The number of alkyl halides is 2. The van der Waals surface area contributed by atoms with E-state index in [1.54, 1.807) is 0 Å². The van der Waals surface area contributed by atoms with Crippen LogP contribution in [0.1, 0.15) is 29.9 Å². The fourth-order valence-electron chi connectivity index (χ4n) is 2.42. The number of aliphatic hydroxyl groups is 1. The molecule has 0 saturated carbocycles. The molecule has 1 aliphatic carbocycles. The topological polar surface area (TPSA) is 49.3 Å². The summed E-state index contributed by atoms with van der Waals surface area (Å²) in [5, 5.41) is 10.7. The second kappa shape index (κ2) is 5.65. The molecule has 1 atom stereocenters. The zero-order valence-corrected chi connectivity index (χ0v) is 10.5. The Hall–Kier alpha value is -1.49. The molecule has 1 amide bonds. The molecule has 2 N–H and O–H groups in total. The van der Waals surface area contributed by atoms with Gasteiger partial charge >= 0.3 is 0 Å². The van der Waals surface area contributed by atoms with Crippen LogP contribution in [0.5, 0.6) is 0 Å². The number of benzene rings is 1.